The Morgan fingerprint density at radius 2 is 1.48 bits per heavy atom. The number of carbonyl (C=O) groups excluding carboxylic acids is 3. The molecule has 0 saturated heterocycles. The number of unbranched alkanes of at least 4 members (excludes halogenated alkanes) is 1. The van der Waals surface area contributed by atoms with Crippen LogP contribution in [0, 0.1) is 0 Å². The van der Waals surface area contributed by atoms with Crippen LogP contribution in [0.4, 0.5) is 0 Å². The van der Waals surface area contributed by atoms with Crippen LogP contribution >= 0.6 is 0 Å². The number of hydrogen-bond acceptors (Lipinski definition) is 6. The second kappa shape index (κ2) is 12.4. The van der Waals surface area contributed by atoms with Crippen LogP contribution in [0.1, 0.15) is 90.5 Å². The first-order valence-electron chi connectivity index (χ1n) is 11.3. The monoisotopic (exact) mass is 466 g/mol. The maximum Gasteiger partial charge on any atom is 0.310 e. The fraction of sp³-hybridized carbons (Fsp3) is 0.667. The van der Waals surface area contributed by atoms with E-state index in [4.69, 9.17) is 14.6 Å². The van der Waals surface area contributed by atoms with Crippen molar-refractivity contribution >= 4 is 23.8 Å². The highest BCUT2D eigenvalue weighted by atomic mass is 16.6. The number of rotatable bonds is 12. The highest BCUT2D eigenvalue weighted by Crippen LogP contribution is 2.20. The van der Waals surface area contributed by atoms with Crippen LogP contribution in [0.3, 0.4) is 0 Å². The van der Waals surface area contributed by atoms with Gasteiger partial charge < -0.3 is 24.9 Å². The molecule has 1 amide bonds. The summed E-state index contributed by atoms with van der Waals surface area (Å²) < 4.78 is 10.8. The molecule has 186 valence electrons. The van der Waals surface area contributed by atoms with Gasteiger partial charge in [-0.05, 0) is 71.9 Å². The molecule has 1 aromatic heterocycles. The van der Waals surface area contributed by atoms with E-state index in [9.17, 15) is 19.2 Å². The average Bonchev–Trinajstić information content (AvgIpc) is 3.00. The van der Waals surface area contributed by atoms with Crippen LogP contribution < -0.4 is 5.32 Å². The van der Waals surface area contributed by atoms with Gasteiger partial charge in [-0.3, -0.25) is 19.2 Å². The molecule has 0 aliphatic heterocycles. The normalized spacial score (nSPS) is 11.7. The Kier molecular flexibility index (Phi) is 10.6. The van der Waals surface area contributed by atoms with Gasteiger partial charge in [0.15, 0.2) is 0 Å². The summed E-state index contributed by atoms with van der Waals surface area (Å²) in [6.45, 7) is 11.0. The van der Waals surface area contributed by atoms with E-state index >= 15 is 0 Å². The van der Waals surface area contributed by atoms with Gasteiger partial charge in [-0.15, -0.1) is 0 Å². The minimum absolute atomic E-state index is 0.00817. The van der Waals surface area contributed by atoms with E-state index in [0.717, 1.165) is 5.56 Å². The number of carboxylic acid groups (broad SMARTS) is 1. The zero-order valence-corrected chi connectivity index (χ0v) is 20.6. The van der Waals surface area contributed by atoms with Crippen molar-refractivity contribution in [3.05, 3.63) is 23.0 Å². The molecule has 0 fully saturated rings. The number of nitrogens with one attached hydrogen (secondary N) is 2. The number of carbonyl (C=O) groups is 4. The number of amides is 1. The summed E-state index contributed by atoms with van der Waals surface area (Å²) in [5.41, 5.74) is 0.943. The molecular formula is C24H38N2O7. The predicted molar refractivity (Wildman–Crippen MR) is 122 cm³/mol. The molecule has 0 unspecified atom stereocenters. The molecule has 0 atom stereocenters. The lowest BCUT2D eigenvalue weighted by Crippen LogP contribution is -2.26. The van der Waals surface area contributed by atoms with Crippen molar-refractivity contribution in [3.8, 4) is 0 Å². The minimum atomic E-state index is -0.882. The standard InChI is InChI=1S/C24H38N2O7/c1-23(2,3)32-21(30)12-11-16-14-25-18(17(16)13-22(31)33-24(4,5)6)15-26-19(27)9-7-8-10-20(28)29/h14,25H,7-13,15H2,1-6H3,(H,26,27)(H,28,29). The number of aromatic nitrogens is 1. The number of ether oxygens (including phenoxy) is 2. The van der Waals surface area contributed by atoms with Gasteiger partial charge in [-0.2, -0.15) is 0 Å². The van der Waals surface area contributed by atoms with Crippen molar-refractivity contribution < 1.29 is 33.8 Å². The Bertz CT molecular complexity index is 829. The molecule has 0 saturated carbocycles. The number of aromatic amines is 1. The molecule has 0 aliphatic rings. The van der Waals surface area contributed by atoms with Crippen LogP contribution in [0.2, 0.25) is 0 Å². The smallest absolute Gasteiger partial charge is 0.310 e. The van der Waals surface area contributed by atoms with Gasteiger partial charge in [0.2, 0.25) is 5.91 Å². The summed E-state index contributed by atoms with van der Waals surface area (Å²) in [4.78, 5) is 50.4. The molecular weight excluding hydrogens is 428 g/mol. The Balaban J connectivity index is 2.82. The molecule has 9 heteroatoms. The van der Waals surface area contributed by atoms with E-state index < -0.39 is 23.1 Å². The number of esters is 2. The maximum atomic E-state index is 12.5. The number of aliphatic carboxylic acids is 1. The quantitative estimate of drug-likeness (QED) is 0.317. The lowest BCUT2D eigenvalue weighted by molar-refractivity contribution is -0.155. The Morgan fingerprint density at radius 3 is 2.06 bits per heavy atom. The van der Waals surface area contributed by atoms with Crippen molar-refractivity contribution in [2.75, 3.05) is 0 Å². The first-order chi connectivity index (χ1) is 15.2. The first-order valence-corrected chi connectivity index (χ1v) is 11.3. The van der Waals surface area contributed by atoms with Crippen LogP contribution in [-0.4, -0.2) is 45.1 Å². The number of aryl methyl sites for hydroxylation is 1. The topological polar surface area (TPSA) is 135 Å². The Labute approximate surface area is 195 Å². The van der Waals surface area contributed by atoms with Crippen LogP contribution in [-0.2, 0) is 48.0 Å². The van der Waals surface area contributed by atoms with Gasteiger partial charge in [-0.1, -0.05) is 0 Å². The zero-order chi connectivity index (χ0) is 25.2. The molecule has 33 heavy (non-hydrogen) atoms. The average molecular weight is 467 g/mol. The molecule has 0 radical (unpaired) electrons. The van der Waals surface area contributed by atoms with E-state index in [0.29, 0.717) is 30.5 Å². The van der Waals surface area contributed by atoms with E-state index in [1.54, 1.807) is 47.7 Å². The molecule has 3 N–H and O–H groups in total. The van der Waals surface area contributed by atoms with Gasteiger partial charge in [0.1, 0.15) is 11.2 Å². The highest BCUT2D eigenvalue weighted by molar-refractivity contribution is 5.77. The zero-order valence-electron chi connectivity index (χ0n) is 20.6. The van der Waals surface area contributed by atoms with Crippen molar-refractivity contribution in [3.63, 3.8) is 0 Å². The summed E-state index contributed by atoms with van der Waals surface area (Å²) in [5.74, 6) is -1.81. The number of H-pyrrole nitrogens is 1. The van der Waals surface area contributed by atoms with E-state index in [2.05, 4.69) is 10.3 Å². The SMILES string of the molecule is CC(C)(C)OC(=O)CCc1c[nH]c(CNC(=O)CCCCC(=O)O)c1CC(=O)OC(C)(C)C. The number of carboxylic acids is 1. The van der Waals surface area contributed by atoms with Gasteiger partial charge in [-0.25, -0.2) is 0 Å². The van der Waals surface area contributed by atoms with Gasteiger partial charge in [0.25, 0.3) is 0 Å². The Morgan fingerprint density at radius 1 is 0.909 bits per heavy atom. The third-order valence-electron chi connectivity index (χ3n) is 4.44. The van der Waals surface area contributed by atoms with E-state index in [1.807, 2.05) is 0 Å². The van der Waals surface area contributed by atoms with Gasteiger partial charge in [0.05, 0.1) is 13.0 Å². The van der Waals surface area contributed by atoms with Gasteiger partial charge >= 0.3 is 17.9 Å². The molecule has 0 aliphatic carbocycles. The predicted octanol–water partition coefficient (Wildman–Crippen LogP) is 3.43. The van der Waals surface area contributed by atoms with Crippen LogP contribution in [0.5, 0.6) is 0 Å². The largest absolute Gasteiger partial charge is 0.481 e. The first kappa shape index (κ1) is 28.2. The fourth-order valence-corrected chi connectivity index (χ4v) is 3.13. The molecule has 1 heterocycles. The second-order valence-corrected chi connectivity index (χ2v) is 10.00. The third kappa shape index (κ3) is 12.7. The van der Waals surface area contributed by atoms with Crippen LogP contribution in [0.25, 0.3) is 0 Å². The van der Waals surface area contributed by atoms with Crippen molar-refractivity contribution in [2.45, 2.75) is 104 Å². The van der Waals surface area contributed by atoms with Gasteiger partial charge in [0, 0.05) is 31.2 Å². The summed E-state index contributed by atoms with van der Waals surface area (Å²) in [6, 6.07) is 0. The summed E-state index contributed by atoms with van der Waals surface area (Å²) in [6.07, 6.45) is 3.45. The summed E-state index contributed by atoms with van der Waals surface area (Å²) in [5, 5.41) is 11.5. The fourth-order valence-electron chi connectivity index (χ4n) is 3.13. The molecule has 0 aromatic carbocycles. The van der Waals surface area contributed by atoms with Crippen molar-refractivity contribution in [1.82, 2.24) is 10.3 Å². The van der Waals surface area contributed by atoms with Crippen molar-refractivity contribution in [1.29, 1.82) is 0 Å². The summed E-state index contributed by atoms with van der Waals surface area (Å²) >= 11 is 0. The summed E-state index contributed by atoms with van der Waals surface area (Å²) in [7, 11) is 0. The molecule has 0 bridgehead atoms. The molecule has 1 aromatic rings. The minimum Gasteiger partial charge on any atom is -0.481 e. The lowest BCUT2D eigenvalue weighted by Gasteiger charge is -2.20. The molecule has 1 rings (SSSR count). The second-order valence-electron chi connectivity index (χ2n) is 10.00. The number of hydrogen-bond donors (Lipinski definition) is 3. The van der Waals surface area contributed by atoms with Crippen LogP contribution in [0.15, 0.2) is 6.20 Å². The van der Waals surface area contributed by atoms with Crippen molar-refractivity contribution in [2.24, 2.45) is 0 Å². The maximum absolute atomic E-state index is 12.5. The third-order valence-corrected chi connectivity index (χ3v) is 4.44. The molecule has 9 nitrogen and oxygen atoms in total. The lowest BCUT2D eigenvalue weighted by atomic mass is 10.0. The van der Waals surface area contributed by atoms with E-state index in [1.165, 1.54) is 0 Å². The Hall–Kier alpha value is -2.84. The van der Waals surface area contributed by atoms with E-state index in [-0.39, 0.29) is 44.1 Å². The highest BCUT2D eigenvalue weighted by Gasteiger charge is 2.22. The molecule has 0 spiro atoms.